The van der Waals surface area contributed by atoms with Gasteiger partial charge in [0.2, 0.25) is 0 Å². The van der Waals surface area contributed by atoms with E-state index in [2.05, 4.69) is 22.0 Å². The number of rotatable bonds is 16. The summed E-state index contributed by atoms with van der Waals surface area (Å²) in [6.07, 6.45) is 17.2. The van der Waals surface area contributed by atoms with Crippen molar-refractivity contribution >= 4 is 28.6 Å². The molecule has 1 aromatic carbocycles. The van der Waals surface area contributed by atoms with Gasteiger partial charge in [-0.05, 0) is 56.6 Å². The Morgan fingerprint density at radius 3 is 1.97 bits per heavy atom. The van der Waals surface area contributed by atoms with Gasteiger partial charge in [0.25, 0.3) is 5.91 Å². The number of likely N-dealkylation sites (tertiary alicyclic amines) is 1. The average Bonchev–Trinajstić information content (AvgIpc) is 3.28. The lowest BCUT2D eigenvalue weighted by atomic mass is 10.0. The van der Waals surface area contributed by atoms with Crippen LogP contribution in [-0.4, -0.2) is 50.6 Å². The van der Waals surface area contributed by atoms with Gasteiger partial charge in [0.1, 0.15) is 0 Å². The SMILES string of the molecule is Br.CCCCCCCCCCCCC(CN1CCCC1)NC(=O)c1ccc(N(C)C)cc1. The molecule has 1 fully saturated rings. The fourth-order valence-electron chi connectivity index (χ4n) is 4.54. The molecule has 1 aromatic rings. The van der Waals surface area contributed by atoms with E-state index in [9.17, 15) is 4.79 Å². The molecule has 184 valence electrons. The van der Waals surface area contributed by atoms with Crippen LogP contribution >= 0.6 is 17.0 Å². The molecule has 2 rings (SSSR count). The molecule has 0 spiro atoms. The molecule has 0 saturated carbocycles. The zero-order valence-electron chi connectivity index (χ0n) is 20.9. The number of unbranched alkanes of at least 4 members (excludes halogenated alkanes) is 9. The van der Waals surface area contributed by atoms with Crippen LogP contribution in [0.5, 0.6) is 0 Å². The van der Waals surface area contributed by atoms with Crippen LogP contribution in [0.1, 0.15) is 101 Å². The van der Waals surface area contributed by atoms with Crippen LogP contribution < -0.4 is 10.2 Å². The van der Waals surface area contributed by atoms with E-state index in [1.54, 1.807) is 0 Å². The molecule has 0 bridgehead atoms. The maximum Gasteiger partial charge on any atom is 0.251 e. The van der Waals surface area contributed by atoms with Crippen LogP contribution in [0, 0.1) is 0 Å². The van der Waals surface area contributed by atoms with E-state index in [1.807, 2.05) is 38.4 Å². The molecule has 1 N–H and O–H groups in total. The number of amides is 1. The van der Waals surface area contributed by atoms with Gasteiger partial charge in [-0.15, -0.1) is 17.0 Å². The Morgan fingerprint density at radius 1 is 0.906 bits per heavy atom. The van der Waals surface area contributed by atoms with Gasteiger partial charge in [0, 0.05) is 37.9 Å². The van der Waals surface area contributed by atoms with E-state index in [-0.39, 0.29) is 28.9 Å². The monoisotopic (exact) mass is 509 g/mol. The number of anilines is 1. The van der Waals surface area contributed by atoms with Crippen molar-refractivity contribution in [2.45, 2.75) is 96.4 Å². The second-order valence-corrected chi connectivity index (χ2v) is 9.59. The molecular weight excluding hydrogens is 462 g/mol. The number of hydrogen-bond acceptors (Lipinski definition) is 3. The topological polar surface area (TPSA) is 35.6 Å². The summed E-state index contributed by atoms with van der Waals surface area (Å²) in [5.41, 5.74) is 1.88. The van der Waals surface area contributed by atoms with Gasteiger partial charge in [0.15, 0.2) is 0 Å². The summed E-state index contributed by atoms with van der Waals surface area (Å²) >= 11 is 0. The zero-order valence-corrected chi connectivity index (χ0v) is 22.6. The van der Waals surface area contributed by atoms with Gasteiger partial charge >= 0.3 is 0 Å². The first-order chi connectivity index (χ1) is 15.1. The third kappa shape index (κ3) is 11.7. The second-order valence-electron chi connectivity index (χ2n) is 9.59. The summed E-state index contributed by atoms with van der Waals surface area (Å²) in [4.78, 5) is 17.4. The zero-order chi connectivity index (χ0) is 22.3. The molecule has 0 aromatic heterocycles. The van der Waals surface area contributed by atoms with Crippen molar-refractivity contribution in [3.8, 4) is 0 Å². The van der Waals surface area contributed by atoms with E-state index in [4.69, 9.17) is 0 Å². The van der Waals surface area contributed by atoms with Crippen LogP contribution in [0.4, 0.5) is 5.69 Å². The molecule has 1 amide bonds. The number of benzene rings is 1. The van der Waals surface area contributed by atoms with E-state index in [0.29, 0.717) is 0 Å². The van der Waals surface area contributed by atoms with Crippen molar-refractivity contribution in [3.05, 3.63) is 29.8 Å². The van der Waals surface area contributed by atoms with E-state index < -0.39 is 0 Å². The Balaban J connectivity index is 0.00000512. The van der Waals surface area contributed by atoms with Gasteiger partial charge in [-0.1, -0.05) is 71.1 Å². The first-order valence-corrected chi connectivity index (χ1v) is 12.9. The first kappa shape index (κ1) is 29.0. The minimum atomic E-state index is 0. The highest BCUT2D eigenvalue weighted by atomic mass is 79.9. The molecule has 0 aliphatic carbocycles. The second kappa shape index (κ2) is 17.4. The normalized spacial score (nSPS) is 14.7. The predicted molar refractivity (Wildman–Crippen MR) is 144 cm³/mol. The smallest absolute Gasteiger partial charge is 0.251 e. The van der Waals surface area contributed by atoms with E-state index in [0.717, 1.165) is 24.2 Å². The Kier molecular flexibility index (Phi) is 15.8. The minimum Gasteiger partial charge on any atom is -0.378 e. The van der Waals surface area contributed by atoms with Gasteiger partial charge in [-0.3, -0.25) is 4.79 Å². The van der Waals surface area contributed by atoms with Crippen molar-refractivity contribution in [1.29, 1.82) is 0 Å². The molecule has 1 atom stereocenters. The summed E-state index contributed by atoms with van der Waals surface area (Å²) in [7, 11) is 4.04. The number of carbonyl (C=O) groups is 1. The maximum absolute atomic E-state index is 12.8. The molecule has 32 heavy (non-hydrogen) atoms. The lowest BCUT2D eigenvalue weighted by Gasteiger charge is -2.25. The first-order valence-electron chi connectivity index (χ1n) is 12.9. The van der Waals surface area contributed by atoms with Crippen molar-refractivity contribution in [2.75, 3.05) is 38.6 Å². The molecule has 1 saturated heterocycles. The molecule has 1 aliphatic rings. The number of halogens is 1. The number of nitrogens with zero attached hydrogens (tertiary/aromatic N) is 2. The molecule has 1 unspecified atom stereocenters. The standard InChI is InChI=1S/C27H47N3O.BrH/c1-4-5-6-7-8-9-10-11-12-13-16-25(23-30-21-14-15-22-30)28-27(31)24-17-19-26(20-18-24)29(2)3;/h17-20,25H,4-16,21-23H2,1-3H3,(H,28,31);1H. The molecule has 4 nitrogen and oxygen atoms in total. The third-order valence-electron chi connectivity index (χ3n) is 6.56. The highest BCUT2D eigenvalue weighted by Gasteiger charge is 2.19. The van der Waals surface area contributed by atoms with E-state index >= 15 is 0 Å². The van der Waals surface area contributed by atoms with Crippen LogP contribution in [0.3, 0.4) is 0 Å². The minimum absolute atomic E-state index is 0. The lowest BCUT2D eigenvalue weighted by molar-refractivity contribution is 0.0924. The van der Waals surface area contributed by atoms with Crippen molar-refractivity contribution < 1.29 is 4.79 Å². The van der Waals surface area contributed by atoms with Gasteiger partial charge < -0.3 is 15.1 Å². The largest absolute Gasteiger partial charge is 0.378 e. The summed E-state index contributed by atoms with van der Waals surface area (Å²) in [6.45, 7) is 5.64. The van der Waals surface area contributed by atoms with Crippen molar-refractivity contribution in [1.82, 2.24) is 10.2 Å². The molecule has 5 heteroatoms. The highest BCUT2D eigenvalue weighted by Crippen LogP contribution is 2.16. The van der Waals surface area contributed by atoms with Crippen LogP contribution in [-0.2, 0) is 0 Å². The van der Waals surface area contributed by atoms with Gasteiger partial charge in [-0.25, -0.2) is 0 Å². The average molecular weight is 511 g/mol. The van der Waals surface area contributed by atoms with Gasteiger partial charge in [-0.2, -0.15) is 0 Å². The number of nitrogens with one attached hydrogen (secondary N) is 1. The lowest BCUT2D eigenvalue weighted by Crippen LogP contribution is -2.43. The Morgan fingerprint density at radius 2 is 1.44 bits per heavy atom. The summed E-state index contributed by atoms with van der Waals surface area (Å²) in [5, 5.41) is 3.35. The quantitative estimate of drug-likeness (QED) is 0.248. The summed E-state index contributed by atoms with van der Waals surface area (Å²) in [6, 6.07) is 8.18. The molecular formula is C27H48BrN3O. The number of hydrogen-bond donors (Lipinski definition) is 1. The van der Waals surface area contributed by atoms with Crippen molar-refractivity contribution in [2.24, 2.45) is 0 Å². The molecule has 0 radical (unpaired) electrons. The summed E-state index contributed by atoms with van der Waals surface area (Å²) in [5.74, 6) is 0.0709. The number of carbonyl (C=O) groups excluding carboxylic acids is 1. The van der Waals surface area contributed by atoms with Crippen LogP contribution in [0.2, 0.25) is 0 Å². The summed E-state index contributed by atoms with van der Waals surface area (Å²) < 4.78 is 0. The fraction of sp³-hybridized carbons (Fsp3) is 0.741. The predicted octanol–water partition coefficient (Wildman–Crippen LogP) is 6.84. The Bertz CT molecular complexity index is 599. The Hall–Kier alpha value is -1.07. The van der Waals surface area contributed by atoms with Crippen LogP contribution in [0.15, 0.2) is 24.3 Å². The fourth-order valence-corrected chi connectivity index (χ4v) is 4.54. The van der Waals surface area contributed by atoms with Gasteiger partial charge in [0.05, 0.1) is 0 Å². The maximum atomic E-state index is 12.8. The van der Waals surface area contributed by atoms with E-state index in [1.165, 1.54) is 90.1 Å². The highest BCUT2D eigenvalue weighted by molar-refractivity contribution is 8.93. The Labute approximate surface area is 208 Å². The molecule has 1 aliphatic heterocycles. The van der Waals surface area contributed by atoms with Crippen LogP contribution in [0.25, 0.3) is 0 Å². The van der Waals surface area contributed by atoms with Crippen molar-refractivity contribution in [3.63, 3.8) is 0 Å². The third-order valence-corrected chi connectivity index (χ3v) is 6.56. The molecule has 1 heterocycles.